The van der Waals surface area contributed by atoms with Gasteiger partial charge in [0.25, 0.3) is 0 Å². The molecule has 0 aliphatic carbocycles. The highest BCUT2D eigenvalue weighted by molar-refractivity contribution is 6.32. The summed E-state index contributed by atoms with van der Waals surface area (Å²) in [6, 6.07) is 2.01. The Bertz CT molecular complexity index is 513. The molecule has 2 atom stereocenters. The van der Waals surface area contributed by atoms with E-state index in [1.54, 1.807) is 0 Å². The van der Waals surface area contributed by atoms with Crippen molar-refractivity contribution in [1.82, 2.24) is 0 Å². The Hall–Kier alpha value is -1.06. The number of anilines is 1. The Morgan fingerprint density at radius 2 is 2.16 bits per heavy atom. The number of rotatable bonds is 3. The van der Waals surface area contributed by atoms with E-state index in [0.29, 0.717) is 17.4 Å². The zero-order chi connectivity index (χ0) is 14.2. The molecule has 2 unspecified atom stereocenters. The zero-order valence-corrected chi connectivity index (χ0v) is 12.5. The van der Waals surface area contributed by atoms with E-state index in [1.807, 2.05) is 6.92 Å². The Morgan fingerprint density at radius 3 is 2.79 bits per heavy atom. The van der Waals surface area contributed by atoms with Crippen molar-refractivity contribution in [3.05, 3.63) is 27.8 Å². The molecular weight excluding hydrogens is 260 g/mol. The fraction of sp³-hybridized carbons (Fsp3) is 0.533. The molecule has 1 aliphatic heterocycles. The lowest BCUT2D eigenvalue weighted by Gasteiger charge is -2.26. The van der Waals surface area contributed by atoms with Crippen molar-refractivity contribution < 1.29 is 4.79 Å². The van der Waals surface area contributed by atoms with E-state index in [2.05, 4.69) is 25.2 Å². The van der Waals surface area contributed by atoms with Gasteiger partial charge in [0.15, 0.2) is 0 Å². The average molecular weight is 281 g/mol. The number of carbonyl (C=O) groups is 1. The molecule has 0 bridgehead atoms. The minimum atomic E-state index is -0.0564. The summed E-state index contributed by atoms with van der Waals surface area (Å²) in [5.74, 6) is 0.443. The van der Waals surface area contributed by atoms with Gasteiger partial charge in [-0.15, -0.1) is 0 Å². The lowest BCUT2D eigenvalue weighted by atomic mass is 9.88. The van der Waals surface area contributed by atoms with Crippen LogP contribution in [0.3, 0.4) is 0 Å². The second-order valence-corrected chi connectivity index (χ2v) is 5.78. The summed E-state index contributed by atoms with van der Waals surface area (Å²) in [7, 11) is 0. The Kier molecular flexibility index (Phi) is 4.16. The molecule has 0 radical (unpaired) electrons. The van der Waals surface area contributed by atoms with E-state index in [4.69, 9.17) is 17.3 Å². The largest absolute Gasteiger partial charge is 0.326 e. The fourth-order valence-electron chi connectivity index (χ4n) is 2.51. The maximum atomic E-state index is 11.5. The topological polar surface area (TPSA) is 55.1 Å². The SMILES string of the molecule is CCC(C)C(N)c1cc2c(c(C)c1Cl)NC(=O)CC2. The maximum absolute atomic E-state index is 11.5. The van der Waals surface area contributed by atoms with Gasteiger partial charge in [0.2, 0.25) is 5.91 Å². The van der Waals surface area contributed by atoms with Gasteiger partial charge in [-0.1, -0.05) is 37.9 Å². The molecular formula is C15H21ClN2O. The molecule has 1 aromatic carbocycles. The molecule has 3 nitrogen and oxygen atoms in total. The van der Waals surface area contributed by atoms with Gasteiger partial charge in [-0.05, 0) is 36.0 Å². The molecule has 19 heavy (non-hydrogen) atoms. The highest BCUT2D eigenvalue weighted by Gasteiger charge is 2.24. The van der Waals surface area contributed by atoms with Gasteiger partial charge >= 0.3 is 0 Å². The van der Waals surface area contributed by atoms with Crippen molar-refractivity contribution in [2.24, 2.45) is 11.7 Å². The van der Waals surface area contributed by atoms with Crippen molar-refractivity contribution in [2.75, 3.05) is 5.32 Å². The van der Waals surface area contributed by atoms with Gasteiger partial charge in [0, 0.05) is 18.2 Å². The number of hydrogen-bond acceptors (Lipinski definition) is 2. The summed E-state index contributed by atoms with van der Waals surface area (Å²) >= 11 is 6.44. The first-order valence-electron chi connectivity index (χ1n) is 6.83. The molecule has 2 rings (SSSR count). The summed E-state index contributed by atoms with van der Waals surface area (Å²) in [6.45, 7) is 6.21. The molecule has 0 saturated carbocycles. The number of amides is 1. The van der Waals surface area contributed by atoms with Gasteiger partial charge in [-0.2, -0.15) is 0 Å². The van der Waals surface area contributed by atoms with Gasteiger partial charge in [-0.3, -0.25) is 4.79 Å². The van der Waals surface area contributed by atoms with Crippen LogP contribution in [-0.4, -0.2) is 5.91 Å². The molecule has 104 valence electrons. The van der Waals surface area contributed by atoms with Crippen LogP contribution in [0.15, 0.2) is 6.07 Å². The van der Waals surface area contributed by atoms with E-state index in [0.717, 1.165) is 35.2 Å². The van der Waals surface area contributed by atoms with Gasteiger partial charge in [0.05, 0.1) is 5.02 Å². The van der Waals surface area contributed by atoms with Crippen LogP contribution in [-0.2, 0) is 11.2 Å². The van der Waals surface area contributed by atoms with E-state index in [1.165, 1.54) is 0 Å². The number of aryl methyl sites for hydroxylation is 1. The summed E-state index contributed by atoms with van der Waals surface area (Å²) in [6.07, 6.45) is 2.32. The molecule has 0 aromatic heterocycles. The van der Waals surface area contributed by atoms with Crippen molar-refractivity contribution in [1.29, 1.82) is 0 Å². The Labute approximate surface area is 119 Å². The molecule has 0 fully saturated rings. The van der Waals surface area contributed by atoms with Crippen molar-refractivity contribution in [3.8, 4) is 0 Å². The first kappa shape index (κ1) is 14.4. The first-order valence-corrected chi connectivity index (χ1v) is 7.20. The Morgan fingerprint density at radius 1 is 1.47 bits per heavy atom. The van der Waals surface area contributed by atoms with Crippen LogP contribution >= 0.6 is 11.6 Å². The number of hydrogen-bond donors (Lipinski definition) is 2. The van der Waals surface area contributed by atoms with Crippen LogP contribution in [0.4, 0.5) is 5.69 Å². The first-order chi connectivity index (χ1) is 8.95. The third-order valence-corrected chi connectivity index (χ3v) is 4.61. The summed E-state index contributed by atoms with van der Waals surface area (Å²) in [5, 5.41) is 3.60. The Balaban J connectivity index is 2.48. The van der Waals surface area contributed by atoms with Crippen LogP contribution in [0.2, 0.25) is 5.02 Å². The molecule has 1 aromatic rings. The summed E-state index contributed by atoms with van der Waals surface area (Å²) in [4.78, 5) is 11.5. The number of nitrogens with one attached hydrogen (secondary N) is 1. The van der Waals surface area contributed by atoms with Gasteiger partial charge in [-0.25, -0.2) is 0 Å². The third-order valence-electron chi connectivity index (χ3n) is 4.11. The molecule has 0 spiro atoms. The average Bonchev–Trinajstić information content (AvgIpc) is 2.41. The van der Waals surface area contributed by atoms with E-state index >= 15 is 0 Å². The van der Waals surface area contributed by atoms with Crippen molar-refractivity contribution in [2.45, 2.75) is 46.1 Å². The molecule has 1 heterocycles. The smallest absolute Gasteiger partial charge is 0.224 e. The third kappa shape index (κ3) is 2.63. The van der Waals surface area contributed by atoms with E-state index in [9.17, 15) is 4.79 Å². The van der Waals surface area contributed by atoms with Crippen molar-refractivity contribution >= 4 is 23.2 Å². The van der Waals surface area contributed by atoms with E-state index in [-0.39, 0.29) is 11.9 Å². The number of benzene rings is 1. The van der Waals surface area contributed by atoms with Gasteiger partial charge in [0.1, 0.15) is 0 Å². The van der Waals surface area contributed by atoms with Crippen LogP contribution < -0.4 is 11.1 Å². The lowest BCUT2D eigenvalue weighted by Crippen LogP contribution is -2.23. The van der Waals surface area contributed by atoms with Gasteiger partial charge < -0.3 is 11.1 Å². The number of nitrogens with two attached hydrogens (primary N) is 1. The number of fused-ring (bicyclic) bond motifs is 1. The quantitative estimate of drug-likeness (QED) is 0.889. The lowest BCUT2D eigenvalue weighted by molar-refractivity contribution is -0.116. The van der Waals surface area contributed by atoms with Crippen LogP contribution in [0.1, 0.15) is 49.4 Å². The summed E-state index contributed by atoms with van der Waals surface area (Å²) in [5.41, 5.74) is 10.3. The fourth-order valence-corrected chi connectivity index (χ4v) is 2.79. The zero-order valence-electron chi connectivity index (χ0n) is 11.7. The van der Waals surface area contributed by atoms with Crippen molar-refractivity contribution in [3.63, 3.8) is 0 Å². The molecule has 4 heteroatoms. The minimum absolute atomic E-state index is 0.0564. The maximum Gasteiger partial charge on any atom is 0.224 e. The summed E-state index contributed by atoms with van der Waals surface area (Å²) < 4.78 is 0. The predicted octanol–water partition coefficient (Wildman–Crippen LogP) is 3.58. The number of halogens is 1. The second-order valence-electron chi connectivity index (χ2n) is 5.40. The molecule has 1 aliphatic rings. The standard InChI is InChI=1S/C15H21ClN2O/c1-4-8(2)14(17)11-7-10-5-6-12(19)18-15(10)9(3)13(11)16/h7-8,14H,4-6,17H2,1-3H3,(H,18,19). The number of carbonyl (C=O) groups excluding carboxylic acids is 1. The molecule has 1 amide bonds. The second kappa shape index (κ2) is 5.51. The predicted molar refractivity (Wildman–Crippen MR) is 79.5 cm³/mol. The highest BCUT2D eigenvalue weighted by Crippen LogP contribution is 2.38. The molecule has 3 N–H and O–H groups in total. The van der Waals surface area contributed by atoms with Crippen LogP contribution in [0, 0.1) is 12.8 Å². The monoisotopic (exact) mass is 280 g/mol. The normalized spacial score (nSPS) is 17.6. The van der Waals surface area contributed by atoms with Crippen LogP contribution in [0.5, 0.6) is 0 Å². The van der Waals surface area contributed by atoms with E-state index < -0.39 is 0 Å². The molecule has 0 saturated heterocycles. The highest BCUT2D eigenvalue weighted by atomic mass is 35.5. The minimum Gasteiger partial charge on any atom is -0.326 e. The van der Waals surface area contributed by atoms with Crippen LogP contribution in [0.25, 0.3) is 0 Å².